The third kappa shape index (κ3) is 7.75. The van der Waals surface area contributed by atoms with Crippen LogP contribution in [0.1, 0.15) is 48.7 Å². The molecule has 162 valence electrons. The first-order valence-electron chi connectivity index (χ1n) is 9.81. The largest absolute Gasteiger partial charge is 0.357 e. The number of thiazole rings is 1. The number of nitrogens with one attached hydrogen (secondary N) is 2. The summed E-state index contributed by atoms with van der Waals surface area (Å²) in [5.41, 5.74) is 1.10. The van der Waals surface area contributed by atoms with Crippen molar-refractivity contribution in [2.45, 2.75) is 59.4 Å². The van der Waals surface area contributed by atoms with Crippen molar-refractivity contribution >= 4 is 51.3 Å². The maximum atomic E-state index is 12.2. The standard InChI is InChI=1S/C18H33N5O2S2.HI/c1-5-13-27(24,25)23-11-8-16(9-12-23)22-18(19-6-2)20-10-7-17-14(3)21-15(4)26-17;/h16H,5-13H2,1-4H3,(H2,19,20,22);1H. The molecule has 0 spiro atoms. The maximum Gasteiger partial charge on any atom is 0.214 e. The molecule has 1 aliphatic heterocycles. The molecule has 1 saturated heterocycles. The molecule has 0 saturated carbocycles. The molecule has 0 radical (unpaired) electrons. The summed E-state index contributed by atoms with van der Waals surface area (Å²) in [6, 6.07) is 0.253. The molecule has 2 N–H and O–H groups in total. The molecule has 0 unspecified atom stereocenters. The van der Waals surface area contributed by atoms with E-state index in [0.29, 0.717) is 26.1 Å². The fourth-order valence-corrected chi connectivity index (χ4v) is 5.72. The lowest BCUT2D eigenvalue weighted by molar-refractivity contribution is 0.306. The van der Waals surface area contributed by atoms with Crippen molar-refractivity contribution in [2.75, 3.05) is 31.9 Å². The topological polar surface area (TPSA) is 86.7 Å². The predicted octanol–water partition coefficient (Wildman–Crippen LogP) is 2.68. The fraction of sp³-hybridized carbons (Fsp3) is 0.778. The van der Waals surface area contributed by atoms with E-state index in [4.69, 9.17) is 4.99 Å². The van der Waals surface area contributed by atoms with Gasteiger partial charge in [0.25, 0.3) is 0 Å². The van der Waals surface area contributed by atoms with Crippen molar-refractivity contribution in [2.24, 2.45) is 4.99 Å². The van der Waals surface area contributed by atoms with Crippen molar-refractivity contribution < 1.29 is 8.42 Å². The van der Waals surface area contributed by atoms with E-state index >= 15 is 0 Å². The Balaban J connectivity index is 0.00000392. The normalized spacial score (nSPS) is 16.6. The van der Waals surface area contributed by atoms with Gasteiger partial charge in [0.05, 0.1) is 16.5 Å². The number of guanidine groups is 1. The molecule has 0 bridgehead atoms. The summed E-state index contributed by atoms with van der Waals surface area (Å²) in [6.45, 7) is 10.7. The number of hydrogen-bond acceptors (Lipinski definition) is 5. The Morgan fingerprint density at radius 3 is 2.50 bits per heavy atom. The van der Waals surface area contributed by atoms with E-state index < -0.39 is 10.0 Å². The Morgan fingerprint density at radius 2 is 1.96 bits per heavy atom. The van der Waals surface area contributed by atoms with Crippen molar-refractivity contribution in [1.82, 2.24) is 19.9 Å². The highest BCUT2D eigenvalue weighted by Gasteiger charge is 2.27. The SMILES string of the molecule is CCCS(=O)(=O)N1CCC(NC(=NCCc2sc(C)nc2C)NCC)CC1.I. The average molecular weight is 544 g/mol. The Morgan fingerprint density at radius 1 is 1.29 bits per heavy atom. The van der Waals surface area contributed by atoms with Gasteiger partial charge >= 0.3 is 0 Å². The fourth-order valence-electron chi connectivity index (χ4n) is 3.25. The van der Waals surface area contributed by atoms with Crippen LogP contribution >= 0.6 is 35.3 Å². The second kappa shape index (κ2) is 12.3. The van der Waals surface area contributed by atoms with E-state index in [1.165, 1.54) is 4.88 Å². The van der Waals surface area contributed by atoms with Crippen molar-refractivity contribution in [3.05, 3.63) is 15.6 Å². The van der Waals surface area contributed by atoms with Gasteiger partial charge in [-0.25, -0.2) is 17.7 Å². The van der Waals surface area contributed by atoms with Crippen molar-refractivity contribution in [1.29, 1.82) is 0 Å². The van der Waals surface area contributed by atoms with Crippen LogP contribution in [0.2, 0.25) is 0 Å². The van der Waals surface area contributed by atoms with Crippen LogP contribution in [0.25, 0.3) is 0 Å². The van der Waals surface area contributed by atoms with Gasteiger partial charge in [-0.2, -0.15) is 0 Å². The zero-order chi connectivity index (χ0) is 19.9. The second-order valence-corrected chi connectivity index (χ2v) is 10.3. The molecule has 0 atom stereocenters. The molecular weight excluding hydrogens is 509 g/mol. The van der Waals surface area contributed by atoms with E-state index in [-0.39, 0.29) is 35.8 Å². The minimum absolute atomic E-state index is 0. The molecule has 28 heavy (non-hydrogen) atoms. The smallest absolute Gasteiger partial charge is 0.214 e. The Kier molecular flexibility index (Phi) is 11.2. The number of sulfonamides is 1. The van der Waals surface area contributed by atoms with Gasteiger partial charge in [-0.05, 0) is 40.0 Å². The molecule has 0 amide bonds. The molecule has 1 fully saturated rings. The first-order valence-corrected chi connectivity index (χ1v) is 12.2. The predicted molar refractivity (Wildman–Crippen MR) is 128 cm³/mol. The molecule has 2 rings (SSSR count). The van der Waals surface area contributed by atoms with Gasteiger partial charge in [0, 0.05) is 43.5 Å². The zero-order valence-corrected chi connectivity index (χ0v) is 21.3. The van der Waals surface area contributed by atoms with E-state index in [2.05, 4.69) is 15.6 Å². The number of aryl methyl sites for hydroxylation is 2. The molecule has 1 aromatic rings. The number of piperidine rings is 1. The summed E-state index contributed by atoms with van der Waals surface area (Å²) in [6.07, 6.45) is 3.17. The number of hydrogen-bond donors (Lipinski definition) is 2. The van der Waals surface area contributed by atoms with Gasteiger partial charge in [-0.15, -0.1) is 35.3 Å². The number of rotatable bonds is 8. The Bertz CT molecular complexity index is 728. The van der Waals surface area contributed by atoms with Crippen LogP contribution in [-0.2, 0) is 16.4 Å². The minimum Gasteiger partial charge on any atom is -0.357 e. The van der Waals surface area contributed by atoms with Crippen LogP contribution in [0.15, 0.2) is 4.99 Å². The van der Waals surface area contributed by atoms with E-state index in [1.54, 1.807) is 15.6 Å². The van der Waals surface area contributed by atoms with Gasteiger partial charge in [0.15, 0.2) is 5.96 Å². The molecule has 2 heterocycles. The number of halogens is 1. The number of aliphatic imine (C=N–C) groups is 1. The number of aromatic nitrogens is 1. The Hall–Kier alpha value is -0.460. The summed E-state index contributed by atoms with van der Waals surface area (Å²) < 4.78 is 26.0. The summed E-state index contributed by atoms with van der Waals surface area (Å²) in [5.74, 6) is 1.05. The van der Waals surface area contributed by atoms with E-state index in [9.17, 15) is 8.42 Å². The lowest BCUT2D eigenvalue weighted by atomic mass is 10.1. The molecule has 0 aromatic carbocycles. The van der Waals surface area contributed by atoms with Crippen LogP contribution in [0.5, 0.6) is 0 Å². The summed E-state index contributed by atoms with van der Waals surface area (Å²) in [7, 11) is -3.09. The van der Waals surface area contributed by atoms with Gasteiger partial charge in [-0.1, -0.05) is 6.92 Å². The monoisotopic (exact) mass is 543 g/mol. The van der Waals surface area contributed by atoms with Gasteiger partial charge in [0.2, 0.25) is 10.0 Å². The molecule has 0 aliphatic carbocycles. The Labute approximate surface area is 190 Å². The quantitative estimate of drug-likeness (QED) is 0.299. The first-order chi connectivity index (χ1) is 12.9. The third-order valence-corrected chi connectivity index (χ3v) is 7.81. The van der Waals surface area contributed by atoms with Gasteiger partial charge in [0.1, 0.15) is 0 Å². The minimum atomic E-state index is -3.09. The molecule has 1 aromatic heterocycles. The first kappa shape index (κ1) is 25.6. The summed E-state index contributed by atoms with van der Waals surface area (Å²) in [4.78, 5) is 10.4. The zero-order valence-electron chi connectivity index (χ0n) is 17.3. The lowest BCUT2D eigenvalue weighted by Gasteiger charge is -2.32. The van der Waals surface area contributed by atoms with Gasteiger partial charge in [-0.3, -0.25) is 4.99 Å². The highest BCUT2D eigenvalue weighted by Crippen LogP contribution is 2.18. The molecule has 1 aliphatic rings. The van der Waals surface area contributed by atoms with Crippen LogP contribution in [0.3, 0.4) is 0 Å². The van der Waals surface area contributed by atoms with E-state index in [1.807, 2.05) is 27.7 Å². The number of nitrogens with zero attached hydrogens (tertiary/aromatic N) is 3. The summed E-state index contributed by atoms with van der Waals surface area (Å²) >= 11 is 1.74. The maximum absolute atomic E-state index is 12.2. The lowest BCUT2D eigenvalue weighted by Crippen LogP contribution is -2.50. The third-order valence-electron chi connectivity index (χ3n) is 4.60. The van der Waals surface area contributed by atoms with Crippen molar-refractivity contribution in [3.63, 3.8) is 0 Å². The molecular formula is C18H34IN5O2S2. The van der Waals surface area contributed by atoms with Crippen LogP contribution in [0.4, 0.5) is 0 Å². The summed E-state index contributed by atoms with van der Waals surface area (Å²) in [5, 5.41) is 7.86. The highest BCUT2D eigenvalue weighted by atomic mass is 127. The molecule has 10 heteroatoms. The molecule has 7 nitrogen and oxygen atoms in total. The van der Waals surface area contributed by atoms with Crippen molar-refractivity contribution in [3.8, 4) is 0 Å². The highest BCUT2D eigenvalue weighted by molar-refractivity contribution is 14.0. The average Bonchev–Trinajstić information content (AvgIpc) is 2.93. The van der Waals surface area contributed by atoms with Crippen LogP contribution in [-0.4, -0.2) is 61.6 Å². The van der Waals surface area contributed by atoms with Gasteiger partial charge < -0.3 is 10.6 Å². The van der Waals surface area contributed by atoms with E-state index in [0.717, 1.165) is 42.5 Å². The van der Waals surface area contributed by atoms with Crippen LogP contribution < -0.4 is 10.6 Å². The van der Waals surface area contributed by atoms with Crippen LogP contribution in [0, 0.1) is 13.8 Å². The second-order valence-electron chi connectivity index (χ2n) is 6.89.